The largest absolute Gasteiger partial charge is 0.298 e. The van der Waals surface area contributed by atoms with Gasteiger partial charge >= 0.3 is 0 Å². The Kier molecular flexibility index (Phi) is 5.45. The Labute approximate surface area is 147 Å². The highest BCUT2D eigenvalue weighted by Crippen LogP contribution is 2.13. The summed E-state index contributed by atoms with van der Waals surface area (Å²) in [6.45, 7) is 2.95. The molecular weight excluding hydrogens is 318 g/mol. The number of aromatic nitrogens is 2. The van der Waals surface area contributed by atoms with Crippen molar-refractivity contribution in [2.45, 2.75) is 25.8 Å². The van der Waals surface area contributed by atoms with Gasteiger partial charge in [-0.2, -0.15) is 5.10 Å². The minimum atomic E-state index is -0.426. The monoisotopic (exact) mass is 341 g/mol. The van der Waals surface area contributed by atoms with E-state index in [9.17, 15) is 9.59 Å². The smallest absolute Gasteiger partial charge is 0.290 e. The molecule has 0 unspecified atom stereocenters. The molecule has 1 aromatic heterocycles. The molecule has 2 amide bonds. The van der Waals surface area contributed by atoms with E-state index in [4.69, 9.17) is 0 Å². The van der Waals surface area contributed by atoms with Gasteiger partial charge in [-0.1, -0.05) is 24.6 Å². The van der Waals surface area contributed by atoms with Gasteiger partial charge < -0.3 is 0 Å². The molecule has 25 heavy (non-hydrogen) atoms. The average molecular weight is 341 g/mol. The van der Waals surface area contributed by atoms with Gasteiger partial charge in [-0.05, 0) is 44.1 Å². The molecule has 1 fully saturated rings. The van der Waals surface area contributed by atoms with Crippen molar-refractivity contribution in [1.82, 2.24) is 25.5 Å². The molecule has 0 radical (unpaired) electrons. The first-order chi connectivity index (χ1) is 12.1. The second-order valence-electron chi connectivity index (χ2n) is 6.26. The third-order valence-electron chi connectivity index (χ3n) is 4.37. The van der Waals surface area contributed by atoms with E-state index in [1.54, 1.807) is 35.0 Å². The summed E-state index contributed by atoms with van der Waals surface area (Å²) < 4.78 is 1.72. The fourth-order valence-corrected chi connectivity index (χ4v) is 2.95. The molecule has 0 bridgehead atoms. The molecule has 7 heteroatoms. The number of rotatable bonds is 4. The summed E-state index contributed by atoms with van der Waals surface area (Å²) in [6, 6.07) is 10.5. The minimum absolute atomic E-state index is 0.294. The molecule has 132 valence electrons. The highest BCUT2D eigenvalue weighted by molar-refractivity contribution is 5.98. The van der Waals surface area contributed by atoms with E-state index < -0.39 is 5.91 Å². The number of aryl methyl sites for hydroxylation is 1. The lowest BCUT2D eigenvalue weighted by atomic mass is 10.1. The number of carbonyl (C=O) groups is 2. The van der Waals surface area contributed by atoms with Crippen molar-refractivity contribution in [2.75, 3.05) is 13.1 Å². The summed E-state index contributed by atoms with van der Waals surface area (Å²) in [7, 11) is 1.83. The lowest BCUT2D eigenvalue weighted by molar-refractivity contribution is 0.0843. The summed E-state index contributed by atoms with van der Waals surface area (Å²) in [5, 5.41) is 4.25. The van der Waals surface area contributed by atoms with Crippen molar-refractivity contribution in [3.8, 4) is 0 Å². The minimum Gasteiger partial charge on any atom is -0.298 e. The Hall–Kier alpha value is -2.67. The van der Waals surface area contributed by atoms with Gasteiger partial charge in [0.05, 0.1) is 5.69 Å². The molecule has 0 saturated carbocycles. The van der Waals surface area contributed by atoms with Crippen molar-refractivity contribution in [3.63, 3.8) is 0 Å². The molecular formula is C18H23N5O2. The fourth-order valence-electron chi connectivity index (χ4n) is 2.95. The van der Waals surface area contributed by atoms with Gasteiger partial charge in [0.2, 0.25) is 0 Å². The lowest BCUT2D eigenvalue weighted by Gasteiger charge is -2.26. The van der Waals surface area contributed by atoms with Crippen LogP contribution in [0.15, 0.2) is 36.4 Å². The van der Waals surface area contributed by atoms with Crippen molar-refractivity contribution >= 4 is 11.8 Å². The molecule has 2 aromatic rings. The normalized spacial score (nSPS) is 14.9. The van der Waals surface area contributed by atoms with Crippen LogP contribution in [-0.2, 0) is 13.6 Å². The second kappa shape index (κ2) is 7.94. The van der Waals surface area contributed by atoms with E-state index in [2.05, 4.69) is 20.9 Å². The van der Waals surface area contributed by atoms with Crippen LogP contribution in [0.2, 0.25) is 0 Å². The van der Waals surface area contributed by atoms with Crippen LogP contribution in [0, 0.1) is 0 Å². The molecule has 2 heterocycles. The van der Waals surface area contributed by atoms with Crippen molar-refractivity contribution in [1.29, 1.82) is 0 Å². The first-order valence-electron chi connectivity index (χ1n) is 8.54. The molecule has 0 aliphatic carbocycles. The van der Waals surface area contributed by atoms with Gasteiger partial charge in [-0.15, -0.1) is 0 Å². The zero-order valence-electron chi connectivity index (χ0n) is 14.4. The average Bonchev–Trinajstić information content (AvgIpc) is 3.01. The summed E-state index contributed by atoms with van der Waals surface area (Å²) >= 11 is 0. The number of hydrogen-bond donors (Lipinski definition) is 2. The molecule has 1 aromatic carbocycles. The lowest BCUT2D eigenvalue weighted by Crippen LogP contribution is -2.41. The van der Waals surface area contributed by atoms with Crippen LogP contribution in [0.25, 0.3) is 0 Å². The maximum absolute atomic E-state index is 12.2. The third-order valence-corrected chi connectivity index (χ3v) is 4.37. The Morgan fingerprint density at radius 2 is 1.72 bits per heavy atom. The second-order valence-corrected chi connectivity index (χ2v) is 6.26. The number of piperidine rings is 1. The van der Waals surface area contributed by atoms with Crippen molar-refractivity contribution in [2.24, 2.45) is 7.05 Å². The quantitative estimate of drug-likeness (QED) is 0.826. The van der Waals surface area contributed by atoms with Gasteiger partial charge in [-0.3, -0.25) is 30.0 Å². The van der Waals surface area contributed by atoms with E-state index in [0.717, 1.165) is 25.3 Å². The van der Waals surface area contributed by atoms with Gasteiger partial charge in [0.1, 0.15) is 0 Å². The summed E-state index contributed by atoms with van der Waals surface area (Å²) in [6.07, 6.45) is 3.73. The van der Waals surface area contributed by atoms with Crippen molar-refractivity contribution in [3.05, 3.63) is 53.3 Å². The van der Waals surface area contributed by atoms with Gasteiger partial charge in [-0.25, -0.2) is 0 Å². The van der Waals surface area contributed by atoms with Crippen LogP contribution < -0.4 is 10.9 Å². The third kappa shape index (κ3) is 4.45. The molecule has 0 spiro atoms. The molecule has 1 aliphatic heterocycles. The first kappa shape index (κ1) is 17.2. The summed E-state index contributed by atoms with van der Waals surface area (Å²) in [4.78, 5) is 26.6. The Balaban J connectivity index is 1.57. The number of benzene rings is 1. The number of hydrazine groups is 1. The Morgan fingerprint density at radius 3 is 2.44 bits per heavy atom. The number of carbonyl (C=O) groups excluding carboxylic acids is 2. The van der Waals surface area contributed by atoms with E-state index in [1.165, 1.54) is 19.3 Å². The first-order valence-corrected chi connectivity index (χ1v) is 8.54. The van der Waals surface area contributed by atoms with Crippen LogP contribution in [-0.4, -0.2) is 39.6 Å². The predicted octanol–water partition coefficient (Wildman–Crippen LogP) is 1.48. The summed E-state index contributed by atoms with van der Waals surface area (Å²) in [5.41, 5.74) is 6.59. The molecule has 0 atom stereocenters. The highest BCUT2D eigenvalue weighted by atomic mass is 16.2. The molecule has 7 nitrogen and oxygen atoms in total. The number of nitrogens with one attached hydrogen (secondary N) is 2. The number of amides is 2. The SMILES string of the molecule is Cn1nc(C(=O)NNC(=O)c2ccccc2)cc1CN1CCCCC1. The van der Waals surface area contributed by atoms with E-state index in [0.29, 0.717) is 11.3 Å². The zero-order valence-corrected chi connectivity index (χ0v) is 14.4. The topological polar surface area (TPSA) is 79.3 Å². The van der Waals surface area contributed by atoms with Crippen LogP contribution in [0.4, 0.5) is 0 Å². The number of nitrogens with zero attached hydrogens (tertiary/aromatic N) is 3. The standard InChI is InChI=1S/C18H23N5O2/c1-22-15(13-23-10-6-3-7-11-23)12-16(21-22)18(25)20-19-17(24)14-8-4-2-5-9-14/h2,4-5,8-9,12H,3,6-7,10-11,13H2,1H3,(H,19,24)(H,20,25). The Bertz CT molecular complexity index is 735. The van der Waals surface area contributed by atoms with E-state index in [1.807, 2.05) is 13.1 Å². The van der Waals surface area contributed by atoms with E-state index >= 15 is 0 Å². The number of hydrogen-bond acceptors (Lipinski definition) is 4. The number of likely N-dealkylation sites (tertiary alicyclic amines) is 1. The maximum Gasteiger partial charge on any atom is 0.290 e. The van der Waals surface area contributed by atoms with Crippen LogP contribution in [0.3, 0.4) is 0 Å². The molecule has 1 aliphatic rings. The summed E-state index contributed by atoms with van der Waals surface area (Å²) in [5.74, 6) is -0.789. The van der Waals surface area contributed by atoms with Crippen LogP contribution in [0.5, 0.6) is 0 Å². The van der Waals surface area contributed by atoms with E-state index in [-0.39, 0.29) is 5.91 Å². The zero-order chi connectivity index (χ0) is 17.6. The highest BCUT2D eigenvalue weighted by Gasteiger charge is 2.17. The van der Waals surface area contributed by atoms with Crippen molar-refractivity contribution < 1.29 is 9.59 Å². The molecule has 2 N–H and O–H groups in total. The molecule has 3 rings (SSSR count). The fraction of sp³-hybridized carbons (Fsp3) is 0.389. The van der Waals surface area contributed by atoms with Crippen LogP contribution in [0.1, 0.15) is 45.8 Å². The Morgan fingerprint density at radius 1 is 1.04 bits per heavy atom. The van der Waals surface area contributed by atoms with Crippen LogP contribution >= 0.6 is 0 Å². The van der Waals surface area contributed by atoms with Gasteiger partial charge in [0.25, 0.3) is 11.8 Å². The van der Waals surface area contributed by atoms with Gasteiger partial charge in [0, 0.05) is 19.2 Å². The molecule has 1 saturated heterocycles. The predicted molar refractivity (Wildman–Crippen MR) is 93.7 cm³/mol. The maximum atomic E-state index is 12.2. The van der Waals surface area contributed by atoms with Gasteiger partial charge in [0.15, 0.2) is 5.69 Å².